The zero-order valence-corrected chi connectivity index (χ0v) is 12.4. The number of benzene rings is 1. The van der Waals surface area contributed by atoms with Gasteiger partial charge in [0.25, 0.3) is 0 Å². The lowest BCUT2D eigenvalue weighted by atomic mass is 10.2. The van der Waals surface area contributed by atoms with E-state index in [1.165, 1.54) is 12.8 Å². The summed E-state index contributed by atoms with van der Waals surface area (Å²) in [6.07, 6.45) is 2.66. The predicted octanol–water partition coefficient (Wildman–Crippen LogP) is 2.09. The van der Waals surface area contributed by atoms with E-state index in [1.807, 2.05) is 37.3 Å². The van der Waals surface area contributed by atoms with Gasteiger partial charge in [-0.2, -0.15) is 0 Å². The molecule has 0 heterocycles. The fraction of sp³-hybridized carbons (Fsp3) is 0.562. The summed E-state index contributed by atoms with van der Waals surface area (Å²) in [5.41, 5.74) is 0.847. The zero-order valence-electron chi connectivity index (χ0n) is 12.4. The first-order valence-electron chi connectivity index (χ1n) is 7.54. The van der Waals surface area contributed by atoms with Crippen LogP contribution in [0.15, 0.2) is 30.3 Å². The Morgan fingerprint density at radius 3 is 2.65 bits per heavy atom. The summed E-state index contributed by atoms with van der Waals surface area (Å²) >= 11 is 0. The Bertz CT molecular complexity index is 417. The molecule has 4 heteroatoms. The van der Waals surface area contributed by atoms with Crippen molar-refractivity contribution in [1.82, 2.24) is 10.2 Å². The number of nitrogens with zero attached hydrogens (tertiary/aromatic N) is 1. The molecule has 0 bridgehead atoms. The molecule has 0 aromatic heterocycles. The molecule has 1 aromatic rings. The third kappa shape index (κ3) is 4.62. The number of hydrogen-bond donors (Lipinski definition) is 2. The van der Waals surface area contributed by atoms with E-state index in [4.69, 9.17) is 0 Å². The quantitative estimate of drug-likeness (QED) is 0.763. The predicted molar refractivity (Wildman–Crippen MR) is 82.8 cm³/mol. The summed E-state index contributed by atoms with van der Waals surface area (Å²) in [4.78, 5) is 14.5. The van der Waals surface area contributed by atoms with Gasteiger partial charge in [0.1, 0.15) is 0 Å². The van der Waals surface area contributed by atoms with E-state index < -0.39 is 0 Å². The molecule has 1 aromatic carbocycles. The second-order valence-electron chi connectivity index (χ2n) is 5.39. The molecule has 1 fully saturated rings. The summed E-state index contributed by atoms with van der Waals surface area (Å²) in [6.45, 7) is 7.07. The van der Waals surface area contributed by atoms with Crippen molar-refractivity contribution in [2.75, 3.05) is 25.0 Å². The first-order chi connectivity index (χ1) is 9.70. The summed E-state index contributed by atoms with van der Waals surface area (Å²) in [7, 11) is 0. The van der Waals surface area contributed by atoms with Gasteiger partial charge in [-0.1, -0.05) is 25.1 Å². The molecule has 110 valence electrons. The van der Waals surface area contributed by atoms with Crippen LogP contribution in [0.2, 0.25) is 0 Å². The number of likely N-dealkylation sites (N-methyl/N-ethyl adjacent to an activating group) is 1. The molecule has 4 nitrogen and oxygen atoms in total. The van der Waals surface area contributed by atoms with Crippen LogP contribution in [0, 0.1) is 0 Å². The van der Waals surface area contributed by atoms with Crippen LogP contribution in [0.1, 0.15) is 26.7 Å². The molecule has 0 radical (unpaired) electrons. The number of para-hydroxylation sites is 1. The van der Waals surface area contributed by atoms with E-state index in [0.717, 1.165) is 31.4 Å². The Morgan fingerprint density at radius 1 is 1.35 bits per heavy atom. The molecule has 1 unspecified atom stereocenters. The van der Waals surface area contributed by atoms with Gasteiger partial charge >= 0.3 is 0 Å². The summed E-state index contributed by atoms with van der Waals surface area (Å²) < 4.78 is 0. The van der Waals surface area contributed by atoms with Gasteiger partial charge < -0.3 is 10.6 Å². The minimum absolute atomic E-state index is 0.0191. The minimum atomic E-state index is -0.173. The molecule has 20 heavy (non-hydrogen) atoms. The van der Waals surface area contributed by atoms with E-state index in [2.05, 4.69) is 22.5 Å². The lowest BCUT2D eigenvalue weighted by Crippen LogP contribution is -2.42. The van der Waals surface area contributed by atoms with Crippen molar-refractivity contribution in [3.8, 4) is 0 Å². The largest absolute Gasteiger partial charge is 0.325 e. The Labute approximate surface area is 121 Å². The molecular weight excluding hydrogens is 250 g/mol. The molecule has 0 aliphatic heterocycles. The van der Waals surface area contributed by atoms with Gasteiger partial charge in [-0.25, -0.2) is 0 Å². The number of rotatable bonds is 8. The van der Waals surface area contributed by atoms with Gasteiger partial charge in [0.15, 0.2) is 0 Å². The SMILES string of the molecule is CCN(CCNC(C)C(=O)Nc1ccccc1)C1CC1. The molecular formula is C16H25N3O. The molecule has 2 rings (SSSR count). The molecule has 0 saturated heterocycles. The first kappa shape index (κ1) is 15.0. The Hall–Kier alpha value is -1.39. The number of carbonyl (C=O) groups is 1. The number of carbonyl (C=O) groups excluding carboxylic acids is 1. The van der Waals surface area contributed by atoms with Crippen molar-refractivity contribution in [1.29, 1.82) is 0 Å². The molecule has 1 atom stereocenters. The van der Waals surface area contributed by atoms with Crippen molar-refractivity contribution in [3.63, 3.8) is 0 Å². The van der Waals surface area contributed by atoms with E-state index in [9.17, 15) is 4.79 Å². The molecule has 1 amide bonds. The van der Waals surface area contributed by atoms with Gasteiger partial charge in [0.2, 0.25) is 5.91 Å². The summed E-state index contributed by atoms with van der Waals surface area (Å²) in [6, 6.07) is 10.2. The second kappa shape index (κ2) is 7.41. The van der Waals surface area contributed by atoms with Crippen LogP contribution in [0.25, 0.3) is 0 Å². The van der Waals surface area contributed by atoms with Crippen molar-refractivity contribution in [3.05, 3.63) is 30.3 Å². The van der Waals surface area contributed by atoms with Crippen LogP contribution < -0.4 is 10.6 Å². The number of amides is 1. The van der Waals surface area contributed by atoms with E-state index in [0.29, 0.717) is 0 Å². The van der Waals surface area contributed by atoms with Gasteiger partial charge in [0.05, 0.1) is 6.04 Å². The lowest BCUT2D eigenvalue weighted by Gasteiger charge is -2.21. The molecule has 1 aliphatic rings. The third-order valence-corrected chi connectivity index (χ3v) is 3.75. The highest BCUT2D eigenvalue weighted by molar-refractivity contribution is 5.94. The normalized spacial score (nSPS) is 16.1. The summed E-state index contributed by atoms with van der Waals surface area (Å²) in [5, 5.41) is 6.21. The average molecular weight is 275 g/mol. The van der Waals surface area contributed by atoms with Crippen LogP contribution in [-0.4, -0.2) is 42.5 Å². The molecule has 1 aliphatic carbocycles. The standard InChI is InChI=1S/C16H25N3O/c1-3-19(15-9-10-15)12-11-17-13(2)16(20)18-14-7-5-4-6-8-14/h4-8,13,15,17H,3,9-12H2,1-2H3,(H,18,20). The number of nitrogens with one attached hydrogen (secondary N) is 2. The van der Waals surface area contributed by atoms with Gasteiger partial charge in [-0.3, -0.25) is 9.69 Å². The Kier molecular flexibility index (Phi) is 5.56. The topological polar surface area (TPSA) is 44.4 Å². The molecule has 1 saturated carbocycles. The van der Waals surface area contributed by atoms with Crippen molar-refractivity contribution < 1.29 is 4.79 Å². The van der Waals surface area contributed by atoms with Crippen LogP contribution >= 0.6 is 0 Å². The van der Waals surface area contributed by atoms with Gasteiger partial charge in [0, 0.05) is 24.8 Å². The average Bonchev–Trinajstić information content (AvgIpc) is 3.29. The van der Waals surface area contributed by atoms with Crippen LogP contribution in [0.4, 0.5) is 5.69 Å². The van der Waals surface area contributed by atoms with Crippen LogP contribution in [-0.2, 0) is 4.79 Å². The molecule has 2 N–H and O–H groups in total. The van der Waals surface area contributed by atoms with Gasteiger partial charge in [-0.05, 0) is 38.4 Å². The van der Waals surface area contributed by atoms with Crippen LogP contribution in [0.3, 0.4) is 0 Å². The minimum Gasteiger partial charge on any atom is -0.325 e. The third-order valence-electron chi connectivity index (χ3n) is 3.75. The highest BCUT2D eigenvalue weighted by Crippen LogP contribution is 2.25. The molecule has 0 spiro atoms. The number of hydrogen-bond acceptors (Lipinski definition) is 3. The van der Waals surface area contributed by atoms with Crippen LogP contribution in [0.5, 0.6) is 0 Å². The highest BCUT2D eigenvalue weighted by Gasteiger charge is 2.27. The zero-order chi connectivity index (χ0) is 14.4. The maximum Gasteiger partial charge on any atom is 0.241 e. The Morgan fingerprint density at radius 2 is 2.05 bits per heavy atom. The second-order valence-corrected chi connectivity index (χ2v) is 5.39. The first-order valence-corrected chi connectivity index (χ1v) is 7.54. The fourth-order valence-corrected chi connectivity index (χ4v) is 2.33. The maximum absolute atomic E-state index is 12.0. The van der Waals surface area contributed by atoms with E-state index in [-0.39, 0.29) is 11.9 Å². The summed E-state index contributed by atoms with van der Waals surface area (Å²) in [5.74, 6) is 0.0191. The van der Waals surface area contributed by atoms with Crippen molar-refractivity contribution >= 4 is 11.6 Å². The van der Waals surface area contributed by atoms with Crippen molar-refractivity contribution in [2.24, 2.45) is 0 Å². The van der Waals surface area contributed by atoms with E-state index in [1.54, 1.807) is 0 Å². The smallest absolute Gasteiger partial charge is 0.241 e. The highest BCUT2D eigenvalue weighted by atomic mass is 16.2. The van der Waals surface area contributed by atoms with E-state index >= 15 is 0 Å². The lowest BCUT2D eigenvalue weighted by molar-refractivity contribution is -0.117. The monoisotopic (exact) mass is 275 g/mol. The van der Waals surface area contributed by atoms with Crippen molar-refractivity contribution in [2.45, 2.75) is 38.8 Å². The fourth-order valence-electron chi connectivity index (χ4n) is 2.33. The Balaban J connectivity index is 1.68. The van der Waals surface area contributed by atoms with Gasteiger partial charge in [-0.15, -0.1) is 0 Å². The number of anilines is 1. The maximum atomic E-state index is 12.0.